The highest BCUT2D eigenvalue weighted by Gasteiger charge is 2.30. The zero-order chi connectivity index (χ0) is 17.1. The van der Waals surface area contributed by atoms with E-state index in [0.717, 1.165) is 6.42 Å². The first-order valence-electron chi connectivity index (χ1n) is 7.94. The Morgan fingerprint density at radius 3 is 2.83 bits per heavy atom. The summed E-state index contributed by atoms with van der Waals surface area (Å²) >= 11 is 1.38. The minimum Gasteiger partial charge on any atom is -0.358 e. The van der Waals surface area contributed by atoms with Crippen LogP contribution < -0.4 is 10.2 Å². The molecule has 0 bridgehead atoms. The lowest BCUT2D eigenvalue weighted by molar-refractivity contribution is -0.389. The average molecular weight is 352 g/mol. The number of anilines is 1. The Morgan fingerprint density at radius 2 is 2.17 bits per heavy atom. The summed E-state index contributed by atoms with van der Waals surface area (Å²) in [6.07, 6.45) is 2.59. The van der Waals surface area contributed by atoms with Crippen molar-refractivity contribution in [3.63, 3.8) is 0 Å². The molecular weight excluding hydrogens is 332 g/mol. The first-order chi connectivity index (χ1) is 11.6. The molecule has 1 aliphatic rings. The number of imidazole rings is 1. The third-order valence-corrected chi connectivity index (χ3v) is 4.76. The van der Waals surface area contributed by atoms with Gasteiger partial charge in [0.25, 0.3) is 4.96 Å². The highest BCUT2D eigenvalue weighted by molar-refractivity contribution is 7.15. The average Bonchev–Trinajstić information content (AvgIpc) is 3.14. The Bertz CT molecular complexity index is 734. The van der Waals surface area contributed by atoms with Crippen LogP contribution in [0.4, 0.5) is 11.6 Å². The molecule has 2 aromatic rings. The zero-order valence-electron chi connectivity index (χ0n) is 13.5. The topological polar surface area (TPSA) is 96.0 Å². The van der Waals surface area contributed by atoms with Crippen LogP contribution in [-0.2, 0) is 4.79 Å². The number of aromatic nitrogens is 2. The minimum atomic E-state index is -0.382. The van der Waals surface area contributed by atoms with E-state index >= 15 is 0 Å². The maximum atomic E-state index is 11.8. The van der Waals surface area contributed by atoms with Gasteiger partial charge in [0.15, 0.2) is 0 Å². The number of hydrogen-bond acceptors (Lipinski definition) is 7. The number of nitrogens with one attached hydrogen (secondary N) is 1. The van der Waals surface area contributed by atoms with E-state index in [1.807, 2.05) is 11.8 Å². The van der Waals surface area contributed by atoms with Crippen LogP contribution in [0.1, 0.15) is 13.3 Å². The van der Waals surface area contributed by atoms with Crippen LogP contribution in [0.5, 0.6) is 0 Å². The summed E-state index contributed by atoms with van der Waals surface area (Å²) in [6.45, 7) is 5.68. The molecular formula is C14H20N6O3S. The normalized spacial score (nSPS) is 15.8. The van der Waals surface area contributed by atoms with E-state index in [1.54, 1.807) is 11.6 Å². The van der Waals surface area contributed by atoms with Crippen molar-refractivity contribution >= 4 is 33.8 Å². The number of amides is 1. The summed E-state index contributed by atoms with van der Waals surface area (Å²) in [6, 6.07) is 0. The lowest BCUT2D eigenvalue weighted by Crippen LogP contribution is -2.49. The molecule has 9 nitrogen and oxygen atoms in total. The number of nitrogens with zero attached hydrogens (tertiary/aromatic N) is 5. The molecule has 10 heteroatoms. The number of carbonyl (C=O) groups is 1. The van der Waals surface area contributed by atoms with Crippen LogP contribution in [0.15, 0.2) is 11.6 Å². The van der Waals surface area contributed by atoms with Crippen LogP contribution in [0.2, 0.25) is 0 Å². The highest BCUT2D eigenvalue weighted by atomic mass is 32.1. The predicted octanol–water partition coefficient (Wildman–Crippen LogP) is 0.952. The Kier molecular flexibility index (Phi) is 4.95. The number of rotatable bonds is 6. The summed E-state index contributed by atoms with van der Waals surface area (Å²) in [4.78, 5) is 31.8. The summed E-state index contributed by atoms with van der Waals surface area (Å²) in [5.74, 6) is 0.459. The second-order valence-electron chi connectivity index (χ2n) is 5.68. The highest BCUT2D eigenvalue weighted by Crippen LogP contribution is 2.31. The van der Waals surface area contributed by atoms with Crippen LogP contribution in [0, 0.1) is 10.1 Å². The van der Waals surface area contributed by atoms with Gasteiger partial charge < -0.3 is 20.3 Å². The molecule has 1 saturated heterocycles. The molecule has 130 valence electrons. The molecule has 0 atom stereocenters. The molecule has 1 amide bonds. The van der Waals surface area contributed by atoms with Crippen molar-refractivity contribution in [2.24, 2.45) is 0 Å². The van der Waals surface area contributed by atoms with E-state index in [9.17, 15) is 14.9 Å². The van der Waals surface area contributed by atoms with Crippen LogP contribution in [0.25, 0.3) is 4.96 Å². The predicted molar refractivity (Wildman–Crippen MR) is 91.7 cm³/mol. The van der Waals surface area contributed by atoms with E-state index in [2.05, 4.69) is 15.2 Å². The van der Waals surface area contributed by atoms with Crippen molar-refractivity contribution in [1.82, 2.24) is 19.6 Å². The van der Waals surface area contributed by atoms with E-state index in [-0.39, 0.29) is 16.6 Å². The van der Waals surface area contributed by atoms with Crippen molar-refractivity contribution in [2.75, 3.05) is 44.2 Å². The Hall–Kier alpha value is -2.20. The number of fused-ring (bicyclic) bond motifs is 1. The van der Waals surface area contributed by atoms with Crippen molar-refractivity contribution in [1.29, 1.82) is 0 Å². The second-order valence-corrected chi connectivity index (χ2v) is 6.56. The van der Waals surface area contributed by atoms with Crippen molar-refractivity contribution in [3.8, 4) is 0 Å². The number of thiazole rings is 1. The molecule has 2 aromatic heterocycles. The van der Waals surface area contributed by atoms with Gasteiger partial charge in [0, 0.05) is 38.1 Å². The van der Waals surface area contributed by atoms with Crippen LogP contribution in [0.3, 0.4) is 0 Å². The maximum Gasteiger partial charge on any atom is 0.373 e. The zero-order valence-corrected chi connectivity index (χ0v) is 14.3. The molecule has 0 spiro atoms. The third kappa shape index (κ3) is 3.34. The molecule has 3 rings (SSSR count). The summed E-state index contributed by atoms with van der Waals surface area (Å²) in [7, 11) is 0. The maximum absolute atomic E-state index is 11.8. The first kappa shape index (κ1) is 16.7. The van der Waals surface area contributed by atoms with Gasteiger partial charge in [-0.2, -0.15) is 9.38 Å². The van der Waals surface area contributed by atoms with Gasteiger partial charge in [-0.25, -0.2) is 0 Å². The van der Waals surface area contributed by atoms with E-state index < -0.39 is 0 Å². The van der Waals surface area contributed by atoms with Gasteiger partial charge in [-0.05, 0) is 11.3 Å². The summed E-state index contributed by atoms with van der Waals surface area (Å²) < 4.78 is 1.52. The molecule has 1 fully saturated rings. The molecule has 0 unspecified atom stereocenters. The molecule has 1 N–H and O–H groups in total. The van der Waals surface area contributed by atoms with Gasteiger partial charge in [-0.3, -0.25) is 9.69 Å². The number of piperazine rings is 1. The van der Waals surface area contributed by atoms with Crippen molar-refractivity contribution < 1.29 is 9.72 Å². The lowest BCUT2D eigenvalue weighted by Gasteiger charge is -2.34. The van der Waals surface area contributed by atoms with E-state index in [1.165, 1.54) is 15.7 Å². The SMILES string of the molecule is CCCNC(=O)CN1CCN(c2nc3sccn3c2[N+](=O)[O-])CC1. The van der Waals surface area contributed by atoms with Gasteiger partial charge in [0.2, 0.25) is 11.7 Å². The summed E-state index contributed by atoms with van der Waals surface area (Å²) in [5, 5.41) is 16.1. The summed E-state index contributed by atoms with van der Waals surface area (Å²) in [5.41, 5.74) is 0. The van der Waals surface area contributed by atoms with Crippen molar-refractivity contribution in [3.05, 3.63) is 21.7 Å². The van der Waals surface area contributed by atoms with Gasteiger partial charge in [-0.1, -0.05) is 18.3 Å². The van der Waals surface area contributed by atoms with Gasteiger partial charge in [0.05, 0.1) is 6.54 Å². The Morgan fingerprint density at radius 1 is 1.42 bits per heavy atom. The number of carbonyl (C=O) groups excluding carboxylic acids is 1. The molecule has 0 aliphatic carbocycles. The Balaban J connectivity index is 1.65. The fourth-order valence-electron chi connectivity index (χ4n) is 2.79. The lowest BCUT2D eigenvalue weighted by atomic mass is 10.3. The van der Waals surface area contributed by atoms with Crippen LogP contribution >= 0.6 is 11.3 Å². The fraction of sp³-hybridized carbons (Fsp3) is 0.571. The van der Waals surface area contributed by atoms with Gasteiger partial charge in [-0.15, -0.1) is 0 Å². The van der Waals surface area contributed by atoms with Gasteiger partial charge in [0.1, 0.15) is 6.20 Å². The molecule has 0 radical (unpaired) electrons. The smallest absolute Gasteiger partial charge is 0.358 e. The van der Waals surface area contributed by atoms with E-state index in [4.69, 9.17) is 0 Å². The molecule has 3 heterocycles. The van der Waals surface area contributed by atoms with Crippen molar-refractivity contribution in [2.45, 2.75) is 13.3 Å². The van der Waals surface area contributed by atoms with Gasteiger partial charge >= 0.3 is 5.82 Å². The van der Waals surface area contributed by atoms with Crippen LogP contribution in [-0.4, -0.2) is 64.4 Å². The quantitative estimate of drug-likeness (QED) is 0.614. The Labute approximate surface area is 143 Å². The standard InChI is InChI=1S/C14H20N6O3S/c1-2-3-15-11(21)10-17-4-6-18(7-5-17)12-13(20(22)23)19-8-9-24-14(19)16-12/h8-9H,2-7,10H2,1H3,(H,15,21). The molecule has 0 saturated carbocycles. The monoisotopic (exact) mass is 352 g/mol. The van der Waals surface area contributed by atoms with E-state index in [0.29, 0.717) is 50.0 Å². The second kappa shape index (κ2) is 7.14. The largest absolute Gasteiger partial charge is 0.373 e. The minimum absolute atomic E-state index is 0.0142. The molecule has 0 aromatic carbocycles. The number of nitro groups is 1. The molecule has 1 aliphatic heterocycles. The third-order valence-electron chi connectivity index (χ3n) is 4.00. The first-order valence-corrected chi connectivity index (χ1v) is 8.82. The molecule has 24 heavy (non-hydrogen) atoms. The number of hydrogen-bond donors (Lipinski definition) is 1. The fourth-order valence-corrected chi connectivity index (χ4v) is 3.49.